The van der Waals surface area contributed by atoms with Gasteiger partial charge in [0.1, 0.15) is 11.4 Å². The molecule has 5 heteroatoms. The minimum atomic E-state index is -0.154. The van der Waals surface area contributed by atoms with Crippen molar-refractivity contribution in [2.75, 3.05) is 7.11 Å². The summed E-state index contributed by atoms with van der Waals surface area (Å²) in [7, 11) is 1.57. The van der Waals surface area contributed by atoms with Crippen molar-refractivity contribution in [2.24, 2.45) is 0 Å². The van der Waals surface area contributed by atoms with E-state index in [1.807, 2.05) is 19.9 Å². The number of carbonyl (C=O) groups excluding carboxylic acids is 1. The molecule has 1 heterocycles. The Morgan fingerprint density at radius 2 is 2.12 bits per heavy atom. The normalized spacial score (nSPS) is 10.3. The number of methoxy groups -OCH3 is 1. The highest BCUT2D eigenvalue weighted by Crippen LogP contribution is 2.27. The van der Waals surface area contributed by atoms with E-state index in [1.165, 1.54) is 6.20 Å². The van der Waals surface area contributed by atoms with E-state index in [4.69, 9.17) is 4.74 Å². The van der Waals surface area contributed by atoms with E-state index >= 15 is 0 Å². The van der Waals surface area contributed by atoms with Gasteiger partial charge in [-0.1, -0.05) is 6.07 Å². The average molecular weight is 248 g/mol. The van der Waals surface area contributed by atoms with Crippen LogP contribution >= 0.6 is 11.7 Å². The van der Waals surface area contributed by atoms with Crippen molar-refractivity contribution in [2.45, 2.75) is 13.8 Å². The summed E-state index contributed by atoms with van der Waals surface area (Å²) >= 11 is 1.02. The molecule has 0 aliphatic carbocycles. The molecule has 2 rings (SSSR count). The number of hydrogen-bond donors (Lipinski definition) is 0. The third-order valence-corrected chi connectivity index (χ3v) is 3.20. The van der Waals surface area contributed by atoms with Crippen molar-refractivity contribution in [1.82, 2.24) is 8.75 Å². The second-order valence-electron chi connectivity index (χ2n) is 3.71. The molecular formula is C12H12N2O2S. The molecule has 0 saturated heterocycles. The van der Waals surface area contributed by atoms with Gasteiger partial charge >= 0.3 is 0 Å². The van der Waals surface area contributed by atoms with E-state index < -0.39 is 0 Å². The zero-order chi connectivity index (χ0) is 12.4. The Bertz CT molecular complexity index is 550. The van der Waals surface area contributed by atoms with Crippen LogP contribution in [0.15, 0.2) is 18.3 Å². The molecule has 0 aliphatic rings. The molecule has 2 aromatic rings. The van der Waals surface area contributed by atoms with Crippen LogP contribution in [0.3, 0.4) is 0 Å². The number of aromatic nitrogens is 2. The predicted molar refractivity (Wildman–Crippen MR) is 65.8 cm³/mol. The molecule has 4 nitrogen and oxygen atoms in total. The number of benzene rings is 1. The van der Waals surface area contributed by atoms with Crippen molar-refractivity contribution in [3.8, 4) is 5.75 Å². The highest BCUT2D eigenvalue weighted by Gasteiger charge is 2.18. The van der Waals surface area contributed by atoms with E-state index in [0.29, 0.717) is 17.0 Å². The van der Waals surface area contributed by atoms with Crippen LogP contribution in [0, 0.1) is 13.8 Å². The Balaban J connectivity index is 2.53. The van der Waals surface area contributed by atoms with Gasteiger partial charge in [0.05, 0.1) is 30.6 Å². The number of nitrogens with zero attached hydrogens (tertiary/aromatic N) is 2. The summed E-state index contributed by atoms with van der Waals surface area (Å²) < 4.78 is 13.1. The lowest BCUT2D eigenvalue weighted by Gasteiger charge is -2.11. The first-order valence-corrected chi connectivity index (χ1v) is 5.84. The maximum absolute atomic E-state index is 12.2. The van der Waals surface area contributed by atoms with Crippen molar-refractivity contribution >= 4 is 17.5 Å². The molecule has 0 saturated carbocycles. The van der Waals surface area contributed by atoms with E-state index in [9.17, 15) is 4.79 Å². The van der Waals surface area contributed by atoms with E-state index in [1.54, 1.807) is 13.2 Å². The van der Waals surface area contributed by atoms with Gasteiger partial charge < -0.3 is 4.74 Å². The van der Waals surface area contributed by atoms with Crippen LogP contribution in [0.25, 0.3) is 0 Å². The first-order valence-electron chi connectivity index (χ1n) is 5.11. The number of hydrogen-bond acceptors (Lipinski definition) is 5. The molecule has 0 atom stereocenters. The SMILES string of the molecule is COc1c(C(=O)c2cnsn2)ccc(C)c1C. The third kappa shape index (κ3) is 2.06. The zero-order valence-corrected chi connectivity index (χ0v) is 10.7. The topological polar surface area (TPSA) is 52.1 Å². The number of ether oxygens (including phenoxy) is 1. The van der Waals surface area contributed by atoms with Crippen LogP contribution < -0.4 is 4.74 Å². The fourth-order valence-electron chi connectivity index (χ4n) is 1.63. The summed E-state index contributed by atoms with van der Waals surface area (Å²) in [6, 6.07) is 3.67. The molecule has 0 radical (unpaired) electrons. The summed E-state index contributed by atoms with van der Waals surface area (Å²) in [6.07, 6.45) is 1.47. The quantitative estimate of drug-likeness (QED) is 0.783. The van der Waals surface area contributed by atoms with Crippen molar-refractivity contribution in [3.05, 3.63) is 40.7 Å². The Labute approximate surface area is 104 Å². The minimum Gasteiger partial charge on any atom is -0.496 e. The number of aryl methyl sites for hydroxylation is 1. The molecule has 0 N–H and O–H groups in total. The molecule has 88 valence electrons. The summed E-state index contributed by atoms with van der Waals surface area (Å²) in [5.41, 5.74) is 2.95. The maximum Gasteiger partial charge on any atom is 0.217 e. The third-order valence-electron chi connectivity index (χ3n) is 2.72. The van der Waals surface area contributed by atoms with Crippen molar-refractivity contribution in [3.63, 3.8) is 0 Å². The molecule has 17 heavy (non-hydrogen) atoms. The molecule has 0 amide bonds. The molecule has 0 unspecified atom stereocenters. The van der Waals surface area contributed by atoms with Gasteiger partial charge in [-0.25, -0.2) is 0 Å². The number of carbonyl (C=O) groups is 1. The smallest absolute Gasteiger partial charge is 0.217 e. The van der Waals surface area contributed by atoms with Gasteiger partial charge in [0.2, 0.25) is 5.78 Å². The van der Waals surface area contributed by atoms with Gasteiger partial charge in [0.25, 0.3) is 0 Å². The predicted octanol–water partition coefficient (Wildman–Crippen LogP) is 2.39. The fourth-order valence-corrected chi connectivity index (χ4v) is 2.05. The van der Waals surface area contributed by atoms with Gasteiger partial charge in [-0.2, -0.15) is 8.75 Å². The highest BCUT2D eigenvalue weighted by atomic mass is 32.1. The van der Waals surface area contributed by atoms with Crippen LogP contribution in [0.2, 0.25) is 0 Å². The molecule has 1 aromatic heterocycles. The largest absolute Gasteiger partial charge is 0.496 e. The number of ketones is 1. The maximum atomic E-state index is 12.2. The van der Waals surface area contributed by atoms with Crippen LogP contribution in [0.1, 0.15) is 27.2 Å². The lowest BCUT2D eigenvalue weighted by atomic mass is 10.0. The molecular weight excluding hydrogens is 236 g/mol. The van der Waals surface area contributed by atoms with Gasteiger partial charge in [0.15, 0.2) is 0 Å². The van der Waals surface area contributed by atoms with Crippen LogP contribution in [0.5, 0.6) is 5.75 Å². The van der Waals surface area contributed by atoms with Gasteiger partial charge in [-0.05, 0) is 31.0 Å². The molecule has 0 spiro atoms. The van der Waals surface area contributed by atoms with E-state index in [-0.39, 0.29) is 5.78 Å². The summed E-state index contributed by atoms with van der Waals surface area (Å²) in [5.74, 6) is 0.460. The Hall–Kier alpha value is -1.75. The summed E-state index contributed by atoms with van der Waals surface area (Å²) in [4.78, 5) is 12.2. The zero-order valence-electron chi connectivity index (χ0n) is 9.85. The van der Waals surface area contributed by atoms with E-state index in [2.05, 4.69) is 8.75 Å². The molecule has 0 fully saturated rings. The molecule has 1 aromatic carbocycles. The lowest BCUT2D eigenvalue weighted by Crippen LogP contribution is -2.06. The average Bonchev–Trinajstić information content (AvgIpc) is 2.85. The Kier molecular flexibility index (Phi) is 3.19. The molecule has 0 aliphatic heterocycles. The van der Waals surface area contributed by atoms with Crippen LogP contribution in [-0.4, -0.2) is 21.6 Å². The first-order chi connectivity index (χ1) is 8.15. The summed E-state index contributed by atoms with van der Waals surface area (Å²) in [6.45, 7) is 3.92. The standard InChI is InChI=1S/C12H12N2O2S/c1-7-4-5-9(12(16-3)8(7)2)11(15)10-6-13-17-14-10/h4-6H,1-3H3. The van der Waals surface area contributed by atoms with Gasteiger partial charge in [-0.15, -0.1) is 0 Å². The van der Waals surface area contributed by atoms with Crippen molar-refractivity contribution < 1.29 is 9.53 Å². The highest BCUT2D eigenvalue weighted by molar-refractivity contribution is 6.99. The second-order valence-corrected chi connectivity index (χ2v) is 4.27. The van der Waals surface area contributed by atoms with Crippen molar-refractivity contribution in [1.29, 1.82) is 0 Å². The fraction of sp³-hybridized carbons (Fsp3) is 0.250. The lowest BCUT2D eigenvalue weighted by molar-refractivity contribution is 0.103. The monoisotopic (exact) mass is 248 g/mol. The second kappa shape index (κ2) is 4.63. The van der Waals surface area contributed by atoms with Crippen LogP contribution in [-0.2, 0) is 0 Å². The van der Waals surface area contributed by atoms with Gasteiger partial charge in [-0.3, -0.25) is 4.79 Å². The number of rotatable bonds is 3. The Morgan fingerprint density at radius 1 is 1.35 bits per heavy atom. The van der Waals surface area contributed by atoms with Gasteiger partial charge in [0, 0.05) is 0 Å². The summed E-state index contributed by atoms with van der Waals surface area (Å²) in [5, 5.41) is 0. The van der Waals surface area contributed by atoms with Crippen LogP contribution in [0.4, 0.5) is 0 Å². The first kappa shape index (κ1) is 11.7. The molecule has 0 bridgehead atoms. The minimum absolute atomic E-state index is 0.154. The van der Waals surface area contributed by atoms with E-state index in [0.717, 1.165) is 22.9 Å². The Morgan fingerprint density at radius 3 is 2.71 bits per heavy atom.